The van der Waals surface area contributed by atoms with Crippen LogP contribution in [0.5, 0.6) is 0 Å². The van der Waals surface area contributed by atoms with Gasteiger partial charge in [0.2, 0.25) is 0 Å². The molecule has 1 aliphatic carbocycles. The van der Waals surface area contributed by atoms with Crippen LogP contribution in [-0.2, 0) is 39.8 Å². The third-order valence-corrected chi connectivity index (χ3v) is 54.7. The van der Waals surface area contributed by atoms with Crippen LogP contribution >= 0.6 is 124 Å². The first-order valence-corrected chi connectivity index (χ1v) is 45.1. The van der Waals surface area contributed by atoms with Crippen LogP contribution in [0.3, 0.4) is 0 Å². The topological polar surface area (TPSA) is 83.1 Å². The Morgan fingerprint density at radius 1 is 0.429 bits per heavy atom. The summed E-state index contributed by atoms with van der Waals surface area (Å²) < 4.78 is 57.3. The van der Waals surface area contributed by atoms with Gasteiger partial charge in [0.25, 0.3) is 0 Å². The van der Waals surface area contributed by atoms with Crippen LogP contribution in [0, 0.1) is 0 Å². The van der Waals surface area contributed by atoms with E-state index in [1.54, 1.807) is 29.5 Å². The first kappa shape index (κ1) is 65.5. The lowest BCUT2D eigenvalue weighted by Gasteiger charge is -2.67. The third-order valence-electron chi connectivity index (χ3n) is 11.1. The van der Waals surface area contributed by atoms with Crippen molar-refractivity contribution in [2.24, 2.45) is 0 Å². The molecule has 0 spiro atoms. The van der Waals surface area contributed by atoms with Gasteiger partial charge in [0.1, 0.15) is 0 Å². The maximum atomic E-state index is 6.42. The van der Waals surface area contributed by atoms with Crippen molar-refractivity contribution in [1.82, 2.24) is 0 Å². The highest BCUT2D eigenvalue weighted by atomic mass is 33.7. The highest BCUT2D eigenvalue weighted by Gasteiger charge is 2.63. The molecule has 0 aliphatic heterocycles. The van der Waals surface area contributed by atoms with Crippen molar-refractivity contribution in [3.63, 3.8) is 0 Å². The summed E-state index contributed by atoms with van der Waals surface area (Å²) in [6.07, 6.45) is 14.0. The van der Waals surface area contributed by atoms with Gasteiger partial charge in [-0.25, -0.2) is 0 Å². The summed E-state index contributed by atoms with van der Waals surface area (Å²) >= 11 is 34.1. The fourth-order valence-corrected chi connectivity index (χ4v) is 50.6. The zero-order valence-electron chi connectivity index (χ0n) is 40.2. The monoisotopic (exact) mass is 1170 g/mol. The predicted octanol–water partition coefficient (Wildman–Crippen LogP) is 15.7. The molecule has 0 aromatic rings. The summed E-state index contributed by atoms with van der Waals surface area (Å²) in [6, 6.07) is 2.14. The Morgan fingerprint density at radius 2 is 0.714 bits per heavy atom. The van der Waals surface area contributed by atoms with Gasteiger partial charge in [-0.3, -0.25) is 0 Å². The smallest absolute Gasteiger partial charge is 0.374 e. The molecule has 0 bridgehead atoms. The zero-order chi connectivity index (χ0) is 47.4. The molecule has 1 aliphatic rings. The second kappa shape index (κ2) is 35.6. The van der Waals surface area contributed by atoms with Crippen LogP contribution < -0.4 is 0 Å². The molecule has 24 heteroatoms. The Labute approximate surface area is 435 Å². The Hall–Kier alpha value is 4.49. The van der Waals surface area contributed by atoms with E-state index in [-0.39, 0.29) is 5.25 Å². The summed E-state index contributed by atoms with van der Waals surface area (Å²) in [5, 5.41) is 0.136. The summed E-state index contributed by atoms with van der Waals surface area (Å²) in [6.45, 7) is 23.1. The molecular weight excluding hydrogens is 1080 g/mol. The Bertz CT molecular complexity index is 1080. The number of rotatable bonds is 36. The van der Waals surface area contributed by atoms with E-state index in [0.29, 0.717) is 71.6 Å². The van der Waals surface area contributed by atoms with Gasteiger partial charge >= 0.3 is 26.4 Å². The largest absolute Gasteiger partial charge is 0.500 e. The van der Waals surface area contributed by atoms with Gasteiger partial charge in [-0.2, -0.15) is 0 Å². The number of hydrogen-bond acceptors (Lipinski definition) is 18. The lowest BCUT2D eigenvalue weighted by molar-refractivity contribution is 0.0704. The summed E-state index contributed by atoms with van der Waals surface area (Å²) in [4.78, 5) is 0. The first-order valence-electron chi connectivity index (χ1n) is 23.5. The highest BCUT2D eigenvalue weighted by molar-refractivity contribution is 9.42. The van der Waals surface area contributed by atoms with Gasteiger partial charge in [0.15, 0.2) is 0 Å². The Kier molecular flexibility index (Phi) is 37.0. The van der Waals surface area contributed by atoms with Crippen LogP contribution in [-0.4, -0.2) is 112 Å². The van der Waals surface area contributed by atoms with Crippen molar-refractivity contribution in [3.05, 3.63) is 0 Å². The van der Waals surface area contributed by atoms with E-state index in [9.17, 15) is 0 Å². The zero-order valence-corrected chi connectivity index (χ0v) is 53.4. The van der Waals surface area contributed by atoms with E-state index in [0.717, 1.165) is 74.7 Å². The molecule has 1 saturated carbocycles. The molecule has 0 N–H and O–H groups in total. The molecular formula is C39H90O9S12Si3. The SMILES string of the molecule is CCO[Si](CCCS(S)(SS)C1CCCCCCCCCCC1(S(S)(CCC[Si](OCC)(OCC)OCC)SS)S(S)(CCC[Si](OCC)(OCC)OCC)SS)(OCC)OCC. The molecule has 0 radical (unpaired) electrons. The van der Waals surface area contributed by atoms with Crippen molar-refractivity contribution in [2.75, 3.05) is 76.7 Å². The minimum atomic E-state index is -2.95. The van der Waals surface area contributed by atoms with E-state index in [4.69, 9.17) is 110 Å². The predicted molar refractivity (Wildman–Crippen MR) is 317 cm³/mol. The molecule has 384 valence electrons. The first-order chi connectivity index (χ1) is 30.2. The number of hydrogen-bond donors (Lipinski definition) is 6. The van der Waals surface area contributed by atoms with E-state index in [1.807, 2.05) is 62.3 Å². The lowest BCUT2D eigenvalue weighted by Crippen LogP contribution is -2.50. The Balaban J connectivity index is 4.27. The van der Waals surface area contributed by atoms with Crippen LogP contribution in [0.4, 0.5) is 0 Å². The lowest BCUT2D eigenvalue weighted by atomic mass is 10.00. The molecule has 9 nitrogen and oxygen atoms in total. The average molecular weight is 1170 g/mol. The van der Waals surface area contributed by atoms with Gasteiger partial charge in [-0.1, -0.05) is 51.4 Å². The fourth-order valence-electron chi connectivity index (χ4n) is 8.79. The summed E-state index contributed by atoms with van der Waals surface area (Å²) in [5.74, 6) is 2.53. The highest BCUT2D eigenvalue weighted by Crippen LogP contribution is 2.95. The molecule has 0 heterocycles. The van der Waals surface area contributed by atoms with Crippen LogP contribution in [0.15, 0.2) is 0 Å². The second-order valence-corrected chi connectivity index (χ2v) is 49.8. The van der Waals surface area contributed by atoms with Gasteiger partial charge in [-0.15, -0.1) is 94.2 Å². The molecule has 0 aromatic heterocycles. The minimum absolute atomic E-state index is 0.136. The van der Waals surface area contributed by atoms with Crippen molar-refractivity contribution < 1.29 is 39.8 Å². The van der Waals surface area contributed by atoms with Crippen LogP contribution in [0.1, 0.15) is 146 Å². The molecule has 4 unspecified atom stereocenters. The van der Waals surface area contributed by atoms with E-state index in [2.05, 4.69) is 0 Å². The third kappa shape index (κ3) is 20.0. The summed E-state index contributed by atoms with van der Waals surface area (Å²) in [5.41, 5.74) is 0. The molecule has 4 atom stereocenters. The van der Waals surface area contributed by atoms with E-state index >= 15 is 0 Å². The normalized spacial score (nSPS) is 23.4. The van der Waals surface area contributed by atoms with E-state index in [1.165, 1.54) is 32.1 Å². The Morgan fingerprint density at radius 3 is 1.00 bits per heavy atom. The molecule has 0 aromatic carbocycles. The van der Waals surface area contributed by atoms with Gasteiger partial charge < -0.3 is 39.8 Å². The van der Waals surface area contributed by atoms with Crippen LogP contribution in [0.2, 0.25) is 18.1 Å². The summed E-state index contributed by atoms with van der Waals surface area (Å²) in [7, 11) is -9.58. The van der Waals surface area contributed by atoms with Crippen molar-refractivity contribution in [3.8, 4) is 0 Å². The van der Waals surface area contributed by atoms with Crippen LogP contribution in [0.25, 0.3) is 0 Å². The van der Waals surface area contributed by atoms with Crippen molar-refractivity contribution >= 4 is 150 Å². The van der Waals surface area contributed by atoms with Gasteiger partial charge in [-0.05, 0) is 141 Å². The minimum Gasteiger partial charge on any atom is -0.374 e. The average Bonchev–Trinajstić information content (AvgIpc) is 3.24. The van der Waals surface area contributed by atoms with Crippen molar-refractivity contribution in [2.45, 2.75) is 173 Å². The van der Waals surface area contributed by atoms with Gasteiger partial charge in [0, 0.05) is 82.8 Å². The molecule has 0 amide bonds. The van der Waals surface area contributed by atoms with Crippen molar-refractivity contribution in [1.29, 1.82) is 0 Å². The van der Waals surface area contributed by atoms with Gasteiger partial charge in [0.05, 0.1) is 4.08 Å². The fraction of sp³-hybridized carbons (Fsp3) is 1.00. The second-order valence-electron chi connectivity index (χ2n) is 15.2. The molecule has 0 saturated heterocycles. The van der Waals surface area contributed by atoms with E-state index < -0.39 is 54.8 Å². The standard InChI is InChI=1S/C39H90O9S12Si3/c1-10-40-61(41-11-2,42-12-3)35-27-32-58(52,55-49)38-30-25-23-21-19-20-22-24-26-31-39(38,59(53,56-50)33-28-36-62(43-13-4,44-14-5)45-15-6)60(54,57-51)34-29-37-63(46-16-7,47-17-8)48-18-9/h38,49-54H,10-37H2,1-9H3. The molecule has 63 heavy (non-hydrogen) atoms. The maximum absolute atomic E-state index is 6.42. The molecule has 1 fully saturated rings. The quantitative estimate of drug-likeness (QED) is 0.0205. The molecule has 1 rings (SSSR count). The number of thiol groups is 6. The maximum Gasteiger partial charge on any atom is 0.500 e.